The summed E-state index contributed by atoms with van der Waals surface area (Å²) >= 11 is 5.13. The first-order valence-electron chi connectivity index (χ1n) is 8.76. The average molecular weight is 438 g/mol. The van der Waals surface area contributed by atoms with Crippen LogP contribution in [-0.2, 0) is 4.74 Å². The molecule has 0 bridgehead atoms. The highest BCUT2D eigenvalue weighted by Crippen LogP contribution is 2.30. The van der Waals surface area contributed by atoms with Crippen molar-refractivity contribution in [2.75, 3.05) is 18.0 Å². The van der Waals surface area contributed by atoms with Crippen LogP contribution in [0, 0.1) is 0 Å². The summed E-state index contributed by atoms with van der Waals surface area (Å²) in [7, 11) is 0. The van der Waals surface area contributed by atoms with Gasteiger partial charge in [0.25, 0.3) is 0 Å². The highest BCUT2D eigenvalue weighted by atomic mass is 79.9. The van der Waals surface area contributed by atoms with Gasteiger partial charge in [0.05, 0.1) is 5.69 Å². The minimum absolute atomic E-state index is 0.159. The van der Waals surface area contributed by atoms with Crippen molar-refractivity contribution in [3.05, 3.63) is 34.1 Å². The van der Waals surface area contributed by atoms with Gasteiger partial charge >= 0.3 is 6.09 Å². The number of hydrogen-bond donors (Lipinski definition) is 1. The lowest BCUT2D eigenvalue weighted by Gasteiger charge is -2.32. The number of amides is 1. The molecule has 3 rings (SSSR count). The first kappa shape index (κ1) is 19.2. The van der Waals surface area contributed by atoms with Crippen molar-refractivity contribution >= 4 is 38.5 Å². The van der Waals surface area contributed by atoms with Crippen LogP contribution in [0.25, 0.3) is 11.3 Å². The van der Waals surface area contributed by atoms with Gasteiger partial charge in [-0.25, -0.2) is 9.78 Å². The Morgan fingerprint density at radius 3 is 2.54 bits per heavy atom. The van der Waals surface area contributed by atoms with Crippen LogP contribution < -0.4 is 10.2 Å². The van der Waals surface area contributed by atoms with Crippen LogP contribution >= 0.6 is 27.3 Å². The van der Waals surface area contributed by atoms with E-state index in [1.807, 2.05) is 32.9 Å². The van der Waals surface area contributed by atoms with Crippen molar-refractivity contribution in [2.45, 2.75) is 45.3 Å². The van der Waals surface area contributed by atoms with Crippen LogP contribution in [0.4, 0.5) is 9.93 Å². The molecule has 0 radical (unpaired) electrons. The van der Waals surface area contributed by atoms with Gasteiger partial charge in [0, 0.05) is 34.5 Å². The lowest BCUT2D eigenvalue weighted by atomic mass is 10.1. The number of carbonyl (C=O) groups excluding carboxylic acids is 1. The summed E-state index contributed by atoms with van der Waals surface area (Å²) in [5.74, 6) is 0. The predicted octanol–water partition coefficient (Wildman–Crippen LogP) is 5.07. The maximum atomic E-state index is 11.9. The number of nitrogens with one attached hydrogen (secondary N) is 1. The number of carbonyl (C=O) groups is 1. The third kappa shape index (κ3) is 5.20. The van der Waals surface area contributed by atoms with Crippen LogP contribution in [0.1, 0.15) is 33.6 Å². The summed E-state index contributed by atoms with van der Waals surface area (Å²) in [6, 6.07) is 8.36. The van der Waals surface area contributed by atoms with E-state index in [0.717, 1.165) is 46.8 Å². The molecule has 1 aliphatic rings. The van der Waals surface area contributed by atoms with Crippen LogP contribution in [0.5, 0.6) is 0 Å². The molecule has 5 nitrogen and oxygen atoms in total. The number of aromatic nitrogens is 1. The van der Waals surface area contributed by atoms with Crippen LogP contribution in [-0.4, -0.2) is 35.8 Å². The van der Waals surface area contributed by atoms with Crippen LogP contribution in [0.2, 0.25) is 0 Å². The van der Waals surface area contributed by atoms with Gasteiger partial charge in [0.1, 0.15) is 5.60 Å². The van der Waals surface area contributed by atoms with Gasteiger partial charge < -0.3 is 15.0 Å². The van der Waals surface area contributed by atoms with E-state index < -0.39 is 5.60 Å². The van der Waals surface area contributed by atoms with Gasteiger partial charge in [-0.05, 0) is 45.7 Å². The second-order valence-electron chi connectivity index (χ2n) is 7.43. The molecule has 140 valence electrons. The van der Waals surface area contributed by atoms with E-state index in [1.54, 1.807) is 11.3 Å². The molecule has 7 heteroatoms. The number of thiazole rings is 1. The Kier molecular flexibility index (Phi) is 5.87. The van der Waals surface area contributed by atoms with Crippen molar-refractivity contribution < 1.29 is 9.53 Å². The summed E-state index contributed by atoms with van der Waals surface area (Å²) in [4.78, 5) is 19.0. The van der Waals surface area contributed by atoms with Gasteiger partial charge in [-0.3, -0.25) is 0 Å². The van der Waals surface area contributed by atoms with Gasteiger partial charge in [-0.15, -0.1) is 11.3 Å². The Morgan fingerprint density at radius 1 is 1.27 bits per heavy atom. The van der Waals surface area contributed by atoms with Gasteiger partial charge in [0.2, 0.25) is 0 Å². The zero-order valence-corrected chi connectivity index (χ0v) is 17.7. The number of nitrogens with zero attached hydrogens (tertiary/aromatic N) is 2. The molecule has 1 aromatic heterocycles. The zero-order valence-electron chi connectivity index (χ0n) is 15.3. The fourth-order valence-corrected chi connectivity index (χ4v) is 4.00. The van der Waals surface area contributed by atoms with Crippen LogP contribution in [0.15, 0.2) is 34.1 Å². The lowest BCUT2D eigenvalue weighted by molar-refractivity contribution is 0.0497. The van der Waals surface area contributed by atoms with E-state index in [9.17, 15) is 4.79 Å². The first-order chi connectivity index (χ1) is 12.3. The molecule has 1 aromatic carbocycles. The predicted molar refractivity (Wildman–Crippen MR) is 110 cm³/mol. The van der Waals surface area contributed by atoms with Crippen LogP contribution in [0.3, 0.4) is 0 Å². The summed E-state index contributed by atoms with van der Waals surface area (Å²) in [6.45, 7) is 7.39. The van der Waals surface area contributed by atoms with E-state index >= 15 is 0 Å². The monoisotopic (exact) mass is 437 g/mol. The maximum Gasteiger partial charge on any atom is 0.407 e. The van der Waals surface area contributed by atoms with Crippen molar-refractivity contribution in [1.82, 2.24) is 10.3 Å². The molecule has 0 spiro atoms. The molecule has 26 heavy (non-hydrogen) atoms. The van der Waals surface area contributed by atoms with E-state index in [2.05, 4.69) is 43.7 Å². The van der Waals surface area contributed by atoms with Crippen molar-refractivity contribution in [3.63, 3.8) is 0 Å². The number of benzene rings is 1. The molecule has 0 saturated carbocycles. The Hall–Kier alpha value is -1.60. The number of hydrogen-bond acceptors (Lipinski definition) is 5. The smallest absolute Gasteiger partial charge is 0.407 e. The van der Waals surface area contributed by atoms with E-state index in [1.165, 1.54) is 0 Å². The summed E-state index contributed by atoms with van der Waals surface area (Å²) in [6.07, 6.45) is 1.46. The van der Waals surface area contributed by atoms with Gasteiger partial charge in [-0.1, -0.05) is 28.1 Å². The number of alkyl carbamates (subject to hydrolysis) is 1. The molecule has 0 atom stereocenters. The number of rotatable bonds is 3. The minimum atomic E-state index is -0.463. The molecule has 1 aliphatic heterocycles. The quantitative estimate of drug-likeness (QED) is 0.728. The Labute approximate surface area is 166 Å². The highest BCUT2D eigenvalue weighted by Gasteiger charge is 2.24. The fraction of sp³-hybridized carbons (Fsp3) is 0.474. The first-order valence-corrected chi connectivity index (χ1v) is 10.4. The van der Waals surface area contributed by atoms with E-state index in [4.69, 9.17) is 9.72 Å². The minimum Gasteiger partial charge on any atom is -0.444 e. The van der Waals surface area contributed by atoms with Crippen molar-refractivity contribution in [1.29, 1.82) is 0 Å². The molecule has 0 aliphatic carbocycles. The second-order valence-corrected chi connectivity index (χ2v) is 9.18. The Balaban J connectivity index is 1.54. The van der Waals surface area contributed by atoms with E-state index in [0.29, 0.717) is 0 Å². The molecule has 2 aromatic rings. The fourth-order valence-electron chi connectivity index (χ4n) is 2.85. The lowest BCUT2D eigenvalue weighted by Crippen LogP contribution is -2.46. The highest BCUT2D eigenvalue weighted by molar-refractivity contribution is 9.10. The van der Waals surface area contributed by atoms with E-state index in [-0.39, 0.29) is 12.1 Å². The molecular weight excluding hydrogens is 414 g/mol. The Bertz CT molecular complexity index is 747. The molecule has 1 amide bonds. The SMILES string of the molecule is CC(C)(C)OC(=O)NC1CCN(c2nc(-c3ccc(Br)cc3)cs2)CC1. The average Bonchev–Trinajstić information content (AvgIpc) is 3.04. The molecule has 1 saturated heterocycles. The summed E-state index contributed by atoms with van der Waals surface area (Å²) in [5.41, 5.74) is 1.67. The number of ether oxygens (including phenoxy) is 1. The molecule has 0 unspecified atom stereocenters. The number of anilines is 1. The third-order valence-electron chi connectivity index (χ3n) is 4.12. The van der Waals surface area contributed by atoms with Gasteiger partial charge in [-0.2, -0.15) is 0 Å². The normalized spacial score (nSPS) is 15.8. The van der Waals surface area contributed by atoms with Crippen molar-refractivity contribution in [2.24, 2.45) is 0 Å². The second kappa shape index (κ2) is 7.96. The molecular formula is C19H24BrN3O2S. The molecule has 2 heterocycles. The maximum absolute atomic E-state index is 11.9. The standard InChI is InChI=1S/C19H24BrN3O2S/c1-19(2,3)25-18(24)21-15-8-10-23(11-9-15)17-22-16(12-26-17)13-4-6-14(20)7-5-13/h4-7,12,15H,8-11H2,1-3H3,(H,21,24). The Morgan fingerprint density at radius 2 is 1.92 bits per heavy atom. The zero-order chi connectivity index (χ0) is 18.7. The third-order valence-corrected chi connectivity index (χ3v) is 5.55. The molecule has 1 N–H and O–H groups in total. The summed E-state index contributed by atoms with van der Waals surface area (Å²) in [5, 5.41) is 6.12. The largest absolute Gasteiger partial charge is 0.444 e. The number of halogens is 1. The summed E-state index contributed by atoms with van der Waals surface area (Å²) < 4.78 is 6.40. The molecule has 1 fully saturated rings. The topological polar surface area (TPSA) is 54.5 Å². The number of piperidine rings is 1. The van der Waals surface area contributed by atoms with Crippen molar-refractivity contribution in [3.8, 4) is 11.3 Å². The van der Waals surface area contributed by atoms with Gasteiger partial charge in [0.15, 0.2) is 5.13 Å².